The number of rotatable bonds is 0. The average molecular weight is 280 g/mol. The van der Waals surface area contributed by atoms with Crippen molar-refractivity contribution in [2.24, 2.45) is 0 Å². The van der Waals surface area contributed by atoms with Gasteiger partial charge in [-0.25, -0.2) is 0 Å². The van der Waals surface area contributed by atoms with E-state index < -0.39 is 18.1 Å². The van der Waals surface area contributed by atoms with Crippen LogP contribution in [-0.4, -0.2) is 24.9 Å². The van der Waals surface area contributed by atoms with Gasteiger partial charge in [-0.2, -0.15) is 13.2 Å². The molecule has 0 saturated carbocycles. The molecule has 3 atom stereocenters. The zero-order valence-corrected chi connectivity index (χ0v) is 10.2. The monoisotopic (exact) mass is 279 g/mol. The molecule has 2 aliphatic rings. The van der Waals surface area contributed by atoms with Gasteiger partial charge in [0.15, 0.2) is 0 Å². The maximum atomic E-state index is 12.9. The second kappa shape index (κ2) is 4.72. The van der Waals surface area contributed by atoms with Gasteiger partial charge < -0.3 is 10.1 Å². The van der Waals surface area contributed by atoms with Crippen LogP contribution in [0.3, 0.4) is 0 Å². The molecule has 1 aromatic rings. The minimum absolute atomic E-state index is 0. The summed E-state index contributed by atoms with van der Waals surface area (Å²) < 4.78 is 44.2. The standard InChI is InChI=1S/C12H12F3NO.ClH/c13-12(14,15)11-10-8-4-2-1-3-7(8)6-17-9(10)5-16-11;/h1-4,9-11,16H,5-6H2;1H. The first-order valence-electron chi connectivity index (χ1n) is 5.57. The van der Waals surface area contributed by atoms with Crippen molar-refractivity contribution in [2.75, 3.05) is 6.54 Å². The number of hydrogen-bond donors (Lipinski definition) is 1. The topological polar surface area (TPSA) is 21.3 Å². The second-order valence-electron chi connectivity index (χ2n) is 4.50. The molecule has 1 fully saturated rings. The molecule has 1 aromatic carbocycles. The van der Waals surface area contributed by atoms with E-state index in [1.807, 2.05) is 12.1 Å². The van der Waals surface area contributed by atoms with Gasteiger partial charge in [0.25, 0.3) is 0 Å². The molecule has 0 aliphatic carbocycles. The molecule has 3 rings (SSSR count). The van der Waals surface area contributed by atoms with Crippen LogP contribution in [-0.2, 0) is 11.3 Å². The van der Waals surface area contributed by atoms with E-state index in [-0.39, 0.29) is 25.1 Å². The van der Waals surface area contributed by atoms with E-state index in [4.69, 9.17) is 4.74 Å². The van der Waals surface area contributed by atoms with Crippen molar-refractivity contribution >= 4 is 12.4 Å². The van der Waals surface area contributed by atoms with Crippen molar-refractivity contribution in [3.8, 4) is 0 Å². The molecule has 1 N–H and O–H groups in total. The third-order valence-corrected chi connectivity index (χ3v) is 3.52. The molecule has 0 radical (unpaired) electrons. The molecule has 3 unspecified atom stereocenters. The van der Waals surface area contributed by atoms with Gasteiger partial charge in [0.2, 0.25) is 0 Å². The lowest BCUT2D eigenvalue weighted by Gasteiger charge is -2.31. The van der Waals surface area contributed by atoms with Crippen molar-refractivity contribution in [2.45, 2.75) is 30.8 Å². The fourth-order valence-electron chi connectivity index (χ4n) is 2.76. The Bertz CT molecular complexity index is 438. The van der Waals surface area contributed by atoms with Crippen LogP contribution in [0.1, 0.15) is 17.0 Å². The zero-order chi connectivity index (χ0) is 12.0. The van der Waals surface area contributed by atoms with Gasteiger partial charge in [-0.05, 0) is 11.1 Å². The number of benzene rings is 1. The molecule has 0 bridgehead atoms. The predicted molar refractivity (Wildman–Crippen MR) is 62.9 cm³/mol. The average Bonchev–Trinajstić information content (AvgIpc) is 2.72. The van der Waals surface area contributed by atoms with Gasteiger partial charge in [-0.15, -0.1) is 12.4 Å². The van der Waals surface area contributed by atoms with Crippen LogP contribution in [0.5, 0.6) is 0 Å². The summed E-state index contributed by atoms with van der Waals surface area (Å²) in [5.41, 5.74) is 1.64. The Morgan fingerprint density at radius 2 is 1.94 bits per heavy atom. The Morgan fingerprint density at radius 3 is 2.67 bits per heavy atom. The van der Waals surface area contributed by atoms with E-state index in [0.29, 0.717) is 6.61 Å². The van der Waals surface area contributed by atoms with Gasteiger partial charge in [0.1, 0.15) is 6.04 Å². The number of fused-ring (bicyclic) bond motifs is 3. The van der Waals surface area contributed by atoms with E-state index in [1.54, 1.807) is 12.1 Å². The summed E-state index contributed by atoms with van der Waals surface area (Å²) in [4.78, 5) is 0. The number of hydrogen-bond acceptors (Lipinski definition) is 2. The van der Waals surface area contributed by atoms with Crippen molar-refractivity contribution in [1.29, 1.82) is 0 Å². The summed E-state index contributed by atoms with van der Waals surface area (Å²) >= 11 is 0. The lowest BCUT2D eigenvalue weighted by molar-refractivity contribution is -0.159. The molecule has 1 saturated heterocycles. The van der Waals surface area contributed by atoms with E-state index in [1.165, 1.54) is 0 Å². The molecular formula is C12H13ClF3NO. The highest BCUT2D eigenvalue weighted by Crippen LogP contribution is 2.42. The zero-order valence-electron chi connectivity index (χ0n) is 9.41. The van der Waals surface area contributed by atoms with E-state index in [2.05, 4.69) is 5.32 Å². The lowest BCUT2D eigenvalue weighted by Crippen LogP contribution is -2.42. The summed E-state index contributed by atoms with van der Waals surface area (Å²) in [6.45, 7) is 0.673. The lowest BCUT2D eigenvalue weighted by atomic mass is 9.85. The Morgan fingerprint density at radius 1 is 1.22 bits per heavy atom. The summed E-state index contributed by atoms with van der Waals surface area (Å²) in [5.74, 6) is -0.611. The largest absolute Gasteiger partial charge is 0.404 e. The highest BCUT2D eigenvalue weighted by atomic mass is 35.5. The SMILES string of the molecule is Cl.FC(F)(F)C1NCC2OCc3ccccc3C21. The Kier molecular flexibility index (Phi) is 3.58. The maximum absolute atomic E-state index is 12.9. The Hall–Kier alpha value is -0.780. The minimum atomic E-state index is -4.23. The quantitative estimate of drug-likeness (QED) is 0.788. The Labute approximate surface area is 109 Å². The molecule has 2 nitrogen and oxygen atoms in total. The van der Waals surface area contributed by atoms with Crippen LogP contribution in [0.4, 0.5) is 13.2 Å². The van der Waals surface area contributed by atoms with Gasteiger partial charge in [0, 0.05) is 12.5 Å². The number of alkyl halides is 3. The molecule has 2 heterocycles. The first-order valence-corrected chi connectivity index (χ1v) is 5.57. The number of nitrogens with one attached hydrogen (secondary N) is 1. The molecule has 6 heteroatoms. The molecule has 2 aliphatic heterocycles. The van der Waals surface area contributed by atoms with Gasteiger partial charge in [-0.1, -0.05) is 24.3 Å². The third-order valence-electron chi connectivity index (χ3n) is 3.52. The summed E-state index contributed by atoms with van der Waals surface area (Å²) in [5, 5.41) is 2.53. The van der Waals surface area contributed by atoms with Crippen molar-refractivity contribution in [3.05, 3.63) is 35.4 Å². The molecule has 0 spiro atoms. The van der Waals surface area contributed by atoms with Crippen LogP contribution in [0.15, 0.2) is 24.3 Å². The van der Waals surface area contributed by atoms with Crippen LogP contribution < -0.4 is 5.32 Å². The van der Waals surface area contributed by atoms with Crippen molar-refractivity contribution < 1.29 is 17.9 Å². The second-order valence-corrected chi connectivity index (χ2v) is 4.50. The van der Waals surface area contributed by atoms with Crippen molar-refractivity contribution in [1.82, 2.24) is 5.32 Å². The molecule has 100 valence electrons. The van der Waals surface area contributed by atoms with Crippen LogP contribution in [0, 0.1) is 0 Å². The Balaban J connectivity index is 0.00000120. The first-order chi connectivity index (χ1) is 8.07. The van der Waals surface area contributed by atoms with Crippen LogP contribution >= 0.6 is 12.4 Å². The third kappa shape index (κ3) is 2.11. The van der Waals surface area contributed by atoms with E-state index in [0.717, 1.165) is 11.1 Å². The highest BCUT2D eigenvalue weighted by Gasteiger charge is 2.53. The molecular weight excluding hydrogens is 267 g/mol. The fraction of sp³-hybridized carbons (Fsp3) is 0.500. The van der Waals surface area contributed by atoms with Crippen LogP contribution in [0.2, 0.25) is 0 Å². The summed E-state index contributed by atoms with van der Waals surface area (Å²) in [6, 6.07) is 5.73. The molecule has 0 amide bonds. The predicted octanol–water partition coefficient (Wildman–Crippen LogP) is 2.62. The van der Waals surface area contributed by atoms with Crippen LogP contribution in [0.25, 0.3) is 0 Å². The maximum Gasteiger partial charge on any atom is 0.404 e. The smallest absolute Gasteiger partial charge is 0.372 e. The number of halogens is 4. The highest BCUT2D eigenvalue weighted by molar-refractivity contribution is 5.85. The normalized spacial score (nSPS) is 30.3. The van der Waals surface area contributed by atoms with E-state index >= 15 is 0 Å². The van der Waals surface area contributed by atoms with Crippen molar-refractivity contribution in [3.63, 3.8) is 0 Å². The fourth-order valence-corrected chi connectivity index (χ4v) is 2.76. The van der Waals surface area contributed by atoms with Gasteiger partial charge in [-0.3, -0.25) is 0 Å². The minimum Gasteiger partial charge on any atom is -0.372 e. The molecule has 18 heavy (non-hydrogen) atoms. The number of ether oxygens (including phenoxy) is 1. The summed E-state index contributed by atoms with van der Waals surface area (Å²) in [7, 11) is 0. The first kappa shape index (κ1) is 13.6. The van der Waals surface area contributed by atoms with E-state index in [9.17, 15) is 13.2 Å². The summed E-state index contributed by atoms with van der Waals surface area (Å²) in [6.07, 6.45) is -4.59. The van der Waals surface area contributed by atoms with Gasteiger partial charge in [0.05, 0.1) is 12.7 Å². The molecule has 0 aromatic heterocycles. The van der Waals surface area contributed by atoms with Gasteiger partial charge >= 0.3 is 6.18 Å².